The fourth-order valence-corrected chi connectivity index (χ4v) is 0.991. The summed E-state index contributed by atoms with van der Waals surface area (Å²) in [5.41, 5.74) is 1.15. The molecule has 0 amide bonds. The molecule has 60 valence electrons. The van der Waals surface area contributed by atoms with Gasteiger partial charge in [-0.3, -0.25) is 0 Å². The molecule has 0 saturated carbocycles. The molecule has 0 aliphatic rings. The van der Waals surface area contributed by atoms with Crippen molar-refractivity contribution in [2.75, 3.05) is 0 Å². The summed E-state index contributed by atoms with van der Waals surface area (Å²) in [7, 11) is 0. The van der Waals surface area contributed by atoms with Gasteiger partial charge in [0.2, 0.25) is 0 Å². The molecule has 0 aromatic heterocycles. The second kappa shape index (κ2) is 2.91. The summed E-state index contributed by atoms with van der Waals surface area (Å²) in [6.45, 7) is 3.51. The highest BCUT2D eigenvalue weighted by Crippen LogP contribution is 2.21. The second-order valence-electron chi connectivity index (χ2n) is 2.58. The average Bonchev–Trinajstić information content (AvgIpc) is 1.97. The molecule has 0 bridgehead atoms. The van der Waals surface area contributed by atoms with Crippen LogP contribution in [0.5, 0.6) is 5.75 Å². The van der Waals surface area contributed by atoms with E-state index in [2.05, 4.69) is 0 Å². The number of phenolic OH excluding ortho intramolecular Hbond substituents is 1. The number of hydrogen-bond acceptors (Lipinski definition) is 1. The van der Waals surface area contributed by atoms with Crippen LogP contribution >= 0.6 is 0 Å². The zero-order valence-corrected chi connectivity index (χ0v) is 6.69. The number of aryl methyl sites for hydroxylation is 2. The maximum Gasteiger partial charge on any atom is 0.126 e. The minimum Gasteiger partial charge on any atom is -0.508 e. The summed E-state index contributed by atoms with van der Waals surface area (Å²) in [6, 6.07) is 2.83. The molecule has 1 rings (SSSR count). The van der Waals surface area contributed by atoms with E-state index in [1.54, 1.807) is 6.92 Å². The highest BCUT2D eigenvalue weighted by atomic mass is 19.1. The molecule has 0 aliphatic heterocycles. The molecule has 1 nitrogen and oxygen atoms in total. The zero-order valence-electron chi connectivity index (χ0n) is 6.69. The first-order valence-electron chi connectivity index (χ1n) is 3.63. The number of benzene rings is 1. The second-order valence-corrected chi connectivity index (χ2v) is 2.58. The molecule has 0 fully saturated rings. The van der Waals surface area contributed by atoms with Gasteiger partial charge in [0, 0.05) is 0 Å². The summed E-state index contributed by atoms with van der Waals surface area (Å²) < 4.78 is 12.8. The summed E-state index contributed by atoms with van der Waals surface area (Å²) in [5, 5.41) is 9.25. The van der Waals surface area contributed by atoms with Crippen LogP contribution in [-0.2, 0) is 6.42 Å². The highest BCUT2D eigenvalue weighted by Gasteiger charge is 2.03. The van der Waals surface area contributed by atoms with E-state index in [0.717, 1.165) is 0 Å². The van der Waals surface area contributed by atoms with Gasteiger partial charge in [-0.25, -0.2) is 4.39 Å². The quantitative estimate of drug-likeness (QED) is 0.658. The fraction of sp³-hybridized carbons (Fsp3) is 0.333. The third-order valence-electron chi connectivity index (χ3n) is 1.74. The fourth-order valence-electron chi connectivity index (χ4n) is 0.991. The van der Waals surface area contributed by atoms with E-state index in [4.69, 9.17) is 0 Å². The molecule has 0 unspecified atom stereocenters. The van der Waals surface area contributed by atoms with Gasteiger partial charge in [-0.1, -0.05) is 6.92 Å². The third-order valence-corrected chi connectivity index (χ3v) is 1.74. The lowest BCUT2D eigenvalue weighted by Crippen LogP contribution is -1.87. The maximum atomic E-state index is 12.8. The van der Waals surface area contributed by atoms with Gasteiger partial charge in [-0.05, 0) is 36.6 Å². The smallest absolute Gasteiger partial charge is 0.126 e. The van der Waals surface area contributed by atoms with Crippen LogP contribution in [0.3, 0.4) is 0 Å². The first-order valence-corrected chi connectivity index (χ1v) is 3.63. The van der Waals surface area contributed by atoms with Crippen LogP contribution in [0.1, 0.15) is 18.1 Å². The van der Waals surface area contributed by atoms with Crippen molar-refractivity contribution in [3.63, 3.8) is 0 Å². The Kier molecular flexibility index (Phi) is 2.13. The van der Waals surface area contributed by atoms with E-state index in [9.17, 15) is 9.50 Å². The van der Waals surface area contributed by atoms with Gasteiger partial charge in [0.1, 0.15) is 11.6 Å². The van der Waals surface area contributed by atoms with Gasteiger partial charge in [0.05, 0.1) is 0 Å². The van der Waals surface area contributed by atoms with Crippen molar-refractivity contribution in [2.24, 2.45) is 0 Å². The first kappa shape index (κ1) is 8.05. The summed E-state index contributed by atoms with van der Waals surface area (Å²) in [5.74, 6) is -0.0638. The predicted molar refractivity (Wildman–Crippen MR) is 42.2 cm³/mol. The average molecular weight is 154 g/mol. The lowest BCUT2D eigenvalue weighted by molar-refractivity contribution is 0.465. The molecule has 1 aromatic rings. The lowest BCUT2D eigenvalue weighted by Gasteiger charge is -2.03. The first-order chi connectivity index (χ1) is 5.15. The van der Waals surface area contributed by atoms with E-state index < -0.39 is 0 Å². The molecule has 2 heteroatoms. The molecular weight excluding hydrogens is 143 g/mol. The molecule has 0 radical (unpaired) electrons. The van der Waals surface area contributed by atoms with Gasteiger partial charge >= 0.3 is 0 Å². The largest absolute Gasteiger partial charge is 0.508 e. The Hall–Kier alpha value is -1.05. The van der Waals surface area contributed by atoms with E-state index in [1.807, 2.05) is 6.92 Å². The molecular formula is C9H11FO. The molecule has 0 spiro atoms. The standard InChI is InChI=1S/C9H11FO/c1-3-7-5-8(10)6(2)4-9(7)11/h4-5,11H,3H2,1-2H3. The molecule has 0 saturated heterocycles. The number of hydrogen-bond donors (Lipinski definition) is 1. The monoisotopic (exact) mass is 154 g/mol. The predicted octanol–water partition coefficient (Wildman–Crippen LogP) is 2.40. The van der Waals surface area contributed by atoms with E-state index in [0.29, 0.717) is 17.5 Å². The Balaban J connectivity index is 3.21. The Morgan fingerprint density at radius 3 is 2.64 bits per heavy atom. The van der Waals surface area contributed by atoms with Crippen LogP contribution in [0, 0.1) is 12.7 Å². The zero-order chi connectivity index (χ0) is 8.43. The molecule has 1 aromatic carbocycles. The van der Waals surface area contributed by atoms with Crippen molar-refractivity contribution in [1.82, 2.24) is 0 Å². The molecule has 1 N–H and O–H groups in total. The van der Waals surface area contributed by atoms with E-state index in [-0.39, 0.29) is 11.6 Å². The van der Waals surface area contributed by atoms with Crippen molar-refractivity contribution in [3.8, 4) is 5.75 Å². The Labute approximate surface area is 65.5 Å². The topological polar surface area (TPSA) is 20.2 Å². The number of phenols is 1. The number of aromatic hydroxyl groups is 1. The van der Waals surface area contributed by atoms with Crippen LogP contribution in [0.25, 0.3) is 0 Å². The highest BCUT2D eigenvalue weighted by molar-refractivity contribution is 5.36. The van der Waals surface area contributed by atoms with Crippen LogP contribution in [0.4, 0.5) is 4.39 Å². The number of halogens is 1. The van der Waals surface area contributed by atoms with E-state index >= 15 is 0 Å². The van der Waals surface area contributed by atoms with Gasteiger partial charge in [-0.15, -0.1) is 0 Å². The van der Waals surface area contributed by atoms with Crippen molar-refractivity contribution >= 4 is 0 Å². The van der Waals surface area contributed by atoms with Crippen LogP contribution < -0.4 is 0 Å². The summed E-state index contributed by atoms with van der Waals surface area (Å²) in [4.78, 5) is 0. The summed E-state index contributed by atoms with van der Waals surface area (Å²) >= 11 is 0. The van der Waals surface area contributed by atoms with Gasteiger partial charge in [0.15, 0.2) is 0 Å². The Bertz CT molecular complexity index is 269. The minimum atomic E-state index is -0.250. The van der Waals surface area contributed by atoms with Gasteiger partial charge < -0.3 is 5.11 Å². The van der Waals surface area contributed by atoms with Crippen molar-refractivity contribution in [3.05, 3.63) is 29.1 Å². The molecule has 0 heterocycles. The van der Waals surface area contributed by atoms with Gasteiger partial charge in [-0.2, -0.15) is 0 Å². The minimum absolute atomic E-state index is 0.186. The molecule has 11 heavy (non-hydrogen) atoms. The number of rotatable bonds is 1. The molecule has 0 aliphatic carbocycles. The van der Waals surface area contributed by atoms with Crippen LogP contribution in [-0.4, -0.2) is 5.11 Å². The van der Waals surface area contributed by atoms with E-state index in [1.165, 1.54) is 12.1 Å². The third kappa shape index (κ3) is 1.50. The molecule has 0 atom stereocenters. The Morgan fingerprint density at radius 1 is 1.45 bits per heavy atom. The van der Waals surface area contributed by atoms with Crippen molar-refractivity contribution < 1.29 is 9.50 Å². The van der Waals surface area contributed by atoms with Crippen LogP contribution in [0.2, 0.25) is 0 Å². The SMILES string of the molecule is CCc1cc(F)c(C)cc1O. The normalized spacial score (nSPS) is 10.1. The van der Waals surface area contributed by atoms with Gasteiger partial charge in [0.25, 0.3) is 0 Å². The van der Waals surface area contributed by atoms with Crippen LogP contribution in [0.15, 0.2) is 12.1 Å². The van der Waals surface area contributed by atoms with Crippen molar-refractivity contribution in [2.45, 2.75) is 20.3 Å². The maximum absolute atomic E-state index is 12.8. The van der Waals surface area contributed by atoms with Crippen molar-refractivity contribution in [1.29, 1.82) is 0 Å². The summed E-state index contributed by atoms with van der Waals surface area (Å²) in [6.07, 6.45) is 0.656. The lowest BCUT2D eigenvalue weighted by atomic mass is 10.1. The Morgan fingerprint density at radius 2 is 2.09 bits per heavy atom.